The molecule has 4 aromatic rings. The lowest BCUT2D eigenvalue weighted by atomic mass is 9.47. The van der Waals surface area contributed by atoms with Gasteiger partial charge in [0.2, 0.25) is 11.8 Å². The topological polar surface area (TPSA) is 49.7 Å². The van der Waals surface area contributed by atoms with Crippen molar-refractivity contribution in [3.05, 3.63) is 131 Å². The Hall–Kier alpha value is -4.31. The molecule has 1 saturated heterocycles. The first-order valence-electron chi connectivity index (χ1n) is 11.9. The van der Waals surface area contributed by atoms with Crippen LogP contribution in [0, 0.1) is 11.8 Å². The van der Waals surface area contributed by atoms with E-state index in [1.807, 2.05) is 91.1 Å². The fraction of sp³-hybridized carbons (Fsp3) is 0.129. The van der Waals surface area contributed by atoms with Crippen LogP contribution in [0.4, 0.5) is 11.4 Å². The van der Waals surface area contributed by atoms with Gasteiger partial charge in [0.05, 0.1) is 28.6 Å². The molecule has 168 valence electrons. The minimum Gasteiger partial charge on any atom is -0.274 e. The van der Waals surface area contributed by atoms with Gasteiger partial charge >= 0.3 is 0 Å². The number of hydrogen-bond donors (Lipinski definition) is 0. The third-order valence-electron chi connectivity index (χ3n) is 7.87. The molecule has 0 saturated carbocycles. The molecule has 2 atom stereocenters. The van der Waals surface area contributed by atoms with Crippen LogP contribution in [0.1, 0.15) is 28.2 Å². The van der Waals surface area contributed by atoms with Crippen LogP contribution in [0.5, 0.6) is 0 Å². The van der Waals surface area contributed by atoms with Gasteiger partial charge in [0.25, 0.3) is 0 Å². The number of amides is 2. The largest absolute Gasteiger partial charge is 0.274 e. The number of hydrogen-bond acceptors (Lipinski definition) is 3. The lowest BCUT2D eigenvalue weighted by Crippen LogP contribution is -2.54. The number of benzene rings is 4. The van der Waals surface area contributed by atoms with E-state index in [0.717, 1.165) is 27.9 Å². The Morgan fingerprint density at radius 2 is 1.20 bits per heavy atom. The number of anilines is 1. The Bertz CT molecular complexity index is 1460. The first kappa shape index (κ1) is 20.1. The second-order valence-corrected chi connectivity index (χ2v) is 9.47. The predicted octanol–water partition coefficient (Wildman–Crippen LogP) is 5.64. The number of nitrogens with zero attached hydrogens (tertiary/aromatic N) is 2. The highest BCUT2D eigenvalue weighted by Gasteiger charge is 2.67. The molecule has 0 radical (unpaired) electrons. The highest BCUT2D eigenvalue weighted by molar-refractivity contribution is 6.25. The molecule has 1 aliphatic heterocycles. The first-order chi connectivity index (χ1) is 17.2. The number of imide groups is 1. The van der Waals surface area contributed by atoms with E-state index in [1.165, 1.54) is 4.90 Å². The van der Waals surface area contributed by atoms with E-state index in [9.17, 15) is 9.59 Å². The summed E-state index contributed by atoms with van der Waals surface area (Å²) in [4.78, 5) is 34.6. The molecular weight excluding hydrogens is 432 g/mol. The summed E-state index contributed by atoms with van der Waals surface area (Å²) in [7, 11) is 0. The summed E-state index contributed by atoms with van der Waals surface area (Å²) in [6.07, 6.45) is 1.94. The molecule has 4 nitrogen and oxygen atoms in total. The lowest BCUT2D eigenvalue weighted by Gasteiger charge is -2.52. The van der Waals surface area contributed by atoms with Crippen molar-refractivity contribution < 1.29 is 9.59 Å². The van der Waals surface area contributed by atoms with Crippen LogP contribution in [0.3, 0.4) is 0 Å². The van der Waals surface area contributed by atoms with Crippen molar-refractivity contribution in [1.82, 2.24) is 0 Å². The van der Waals surface area contributed by atoms with Crippen LogP contribution in [-0.2, 0) is 15.0 Å². The predicted molar refractivity (Wildman–Crippen MR) is 136 cm³/mol. The zero-order chi connectivity index (χ0) is 23.6. The average molecular weight is 455 g/mol. The van der Waals surface area contributed by atoms with Gasteiger partial charge in [-0.1, -0.05) is 84.9 Å². The van der Waals surface area contributed by atoms with Crippen LogP contribution in [0.2, 0.25) is 0 Å². The quantitative estimate of drug-likeness (QED) is 0.297. The van der Waals surface area contributed by atoms with Crippen molar-refractivity contribution in [2.24, 2.45) is 16.8 Å². The van der Waals surface area contributed by atoms with Crippen molar-refractivity contribution in [2.75, 3.05) is 4.90 Å². The minimum absolute atomic E-state index is 0.127. The second-order valence-electron chi connectivity index (χ2n) is 9.47. The molecule has 2 amide bonds. The van der Waals surface area contributed by atoms with Crippen molar-refractivity contribution >= 4 is 29.4 Å². The minimum atomic E-state index is -0.835. The fourth-order valence-electron chi connectivity index (χ4n) is 6.57. The van der Waals surface area contributed by atoms with E-state index in [2.05, 4.69) is 24.3 Å². The average Bonchev–Trinajstić information content (AvgIpc) is 3.19. The van der Waals surface area contributed by atoms with Gasteiger partial charge < -0.3 is 0 Å². The molecule has 1 fully saturated rings. The Kier molecular flexibility index (Phi) is 4.22. The Morgan fingerprint density at radius 3 is 1.83 bits per heavy atom. The van der Waals surface area contributed by atoms with E-state index in [1.54, 1.807) is 0 Å². The molecule has 0 spiro atoms. The van der Waals surface area contributed by atoms with Gasteiger partial charge in [-0.3, -0.25) is 14.6 Å². The first-order valence-corrected chi connectivity index (χ1v) is 11.9. The van der Waals surface area contributed by atoms with E-state index in [4.69, 9.17) is 4.99 Å². The van der Waals surface area contributed by atoms with E-state index < -0.39 is 17.3 Å². The number of aliphatic imine (C=N–C) groups is 1. The molecule has 3 aliphatic carbocycles. The number of carbonyl (C=O) groups is 2. The highest BCUT2D eigenvalue weighted by Crippen LogP contribution is 2.63. The van der Waals surface area contributed by atoms with Crippen LogP contribution < -0.4 is 4.90 Å². The zero-order valence-corrected chi connectivity index (χ0v) is 18.9. The summed E-state index contributed by atoms with van der Waals surface area (Å²) in [5.41, 5.74) is 4.98. The van der Waals surface area contributed by atoms with Gasteiger partial charge in [-0.05, 0) is 46.5 Å². The maximum absolute atomic E-state index is 14.2. The number of para-hydroxylation sites is 2. The molecule has 4 aliphatic rings. The van der Waals surface area contributed by atoms with Crippen molar-refractivity contribution in [3.63, 3.8) is 0 Å². The summed E-state index contributed by atoms with van der Waals surface area (Å²) in [6.45, 7) is 0. The molecule has 2 bridgehead atoms. The molecule has 4 aromatic carbocycles. The smallest absolute Gasteiger partial charge is 0.239 e. The molecule has 0 N–H and O–H groups in total. The maximum atomic E-state index is 14.2. The van der Waals surface area contributed by atoms with Gasteiger partial charge in [-0.15, -0.1) is 0 Å². The van der Waals surface area contributed by atoms with Crippen LogP contribution in [0.25, 0.3) is 0 Å². The van der Waals surface area contributed by atoms with Crippen LogP contribution >= 0.6 is 0 Å². The summed E-state index contributed by atoms with van der Waals surface area (Å²) < 4.78 is 0. The van der Waals surface area contributed by atoms with Crippen LogP contribution in [-0.4, -0.2) is 18.0 Å². The maximum Gasteiger partial charge on any atom is 0.239 e. The Balaban J connectivity index is 1.53. The molecule has 0 aromatic heterocycles. The second kappa shape index (κ2) is 7.34. The third-order valence-corrected chi connectivity index (χ3v) is 7.87. The molecule has 4 heteroatoms. The molecular formula is C31H22N2O2. The van der Waals surface area contributed by atoms with E-state index in [0.29, 0.717) is 5.69 Å². The zero-order valence-electron chi connectivity index (χ0n) is 18.9. The molecule has 35 heavy (non-hydrogen) atoms. The fourth-order valence-corrected chi connectivity index (χ4v) is 6.57. The van der Waals surface area contributed by atoms with Crippen molar-refractivity contribution in [1.29, 1.82) is 0 Å². The van der Waals surface area contributed by atoms with Gasteiger partial charge in [0.15, 0.2) is 0 Å². The standard InChI is InChI=1S/C31H22N2O2/c34-29-27-26-22-15-7-9-17-24(22)31(25-18-10-8-16-23(25)26,19-32-20-11-3-1-4-12-20)28(27)30(35)33(29)21-13-5-2-6-14-21/h1-19,26-28H. The van der Waals surface area contributed by atoms with Gasteiger partial charge in [0, 0.05) is 12.1 Å². The number of carbonyl (C=O) groups excluding carboxylic acids is 2. The molecule has 1 heterocycles. The van der Waals surface area contributed by atoms with Gasteiger partial charge in [-0.2, -0.15) is 0 Å². The van der Waals surface area contributed by atoms with E-state index >= 15 is 0 Å². The summed E-state index contributed by atoms with van der Waals surface area (Å²) >= 11 is 0. The van der Waals surface area contributed by atoms with Gasteiger partial charge in [-0.25, -0.2) is 4.90 Å². The highest BCUT2D eigenvalue weighted by atomic mass is 16.2. The Labute approximate surface area is 203 Å². The monoisotopic (exact) mass is 454 g/mol. The summed E-state index contributed by atoms with van der Waals surface area (Å²) in [5.74, 6) is -1.48. The lowest BCUT2D eigenvalue weighted by molar-refractivity contribution is -0.122. The normalized spacial score (nSPS) is 26.1. The van der Waals surface area contributed by atoms with E-state index in [-0.39, 0.29) is 17.7 Å². The summed E-state index contributed by atoms with van der Waals surface area (Å²) in [5, 5.41) is 0. The SMILES string of the molecule is O=C1C2C3c4ccccc4C(C=Nc4ccccc4)(c4ccccc43)C2C(=O)N1c1ccccc1. The molecule has 8 rings (SSSR count). The summed E-state index contributed by atoms with van der Waals surface area (Å²) in [6, 6.07) is 35.6. The molecule has 2 unspecified atom stereocenters. The Morgan fingerprint density at radius 1 is 0.657 bits per heavy atom. The van der Waals surface area contributed by atoms with Crippen molar-refractivity contribution in [3.8, 4) is 0 Å². The number of rotatable bonds is 3. The van der Waals surface area contributed by atoms with Crippen LogP contribution in [0.15, 0.2) is 114 Å². The van der Waals surface area contributed by atoms with Crippen molar-refractivity contribution in [2.45, 2.75) is 11.3 Å². The third kappa shape index (κ3) is 2.59. The van der Waals surface area contributed by atoms with Gasteiger partial charge in [0.1, 0.15) is 0 Å².